The number of aliphatic carboxylic acids is 1. The highest BCUT2D eigenvalue weighted by Crippen LogP contribution is 2.44. The first kappa shape index (κ1) is 23.6. The second-order valence-corrected chi connectivity index (χ2v) is 9.75. The fourth-order valence-electron chi connectivity index (χ4n) is 3.23. The van der Waals surface area contributed by atoms with Crippen LogP contribution in [0.5, 0.6) is 0 Å². The van der Waals surface area contributed by atoms with Crippen LogP contribution in [0.25, 0.3) is 5.57 Å². The van der Waals surface area contributed by atoms with Gasteiger partial charge in [-0.15, -0.1) is 33.3 Å². The monoisotopic (exact) mass is 524 g/mol. The zero-order chi connectivity index (χ0) is 24.6. The molecule has 4 heterocycles. The SMILES string of the molecule is CON=C(C(=O)NC1C(=O)N2C(C(=O)O)=C(c3nnc(NC(C)=O)s3)CS[C@@H]12)c1csc(N)n1. The number of aromatic nitrogens is 3. The van der Waals surface area contributed by atoms with Crippen molar-refractivity contribution >= 4 is 79.7 Å². The fraction of sp³-hybridized carbons (Fsp3) is 0.294. The molecule has 0 aromatic carbocycles. The number of nitrogens with zero attached hydrogens (tertiary/aromatic N) is 5. The van der Waals surface area contributed by atoms with E-state index in [0.29, 0.717) is 5.57 Å². The highest BCUT2D eigenvalue weighted by Gasteiger charge is 2.55. The Balaban J connectivity index is 1.56. The van der Waals surface area contributed by atoms with Gasteiger partial charge in [-0.25, -0.2) is 9.78 Å². The van der Waals surface area contributed by atoms with E-state index in [1.165, 1.54) is 31.2 Å². The van der Waals surface area contributed by atoms with Gasteiger partial charge in [0.05, 0.1) is 0 Å². The van der Waals surface area contributed by atoms with Crippen molar-refractivity contribution in [2.75, 3.05) is 23.9 Å². The van der Waals surface area contributed by atoms with Gasteiger partial charge in [0.15, 0.2) is 10.8 Å². The van der Waals surface area contributed by atoms with Gasteiger partial charge in [-0.2, -0.15) is 0 Å². The molecular formula is C17H16N8O6S3. The number of carboxylic acids is 1. The number of rotatable bonds is 7. The molecule has 0 radical (unpaired) electrons. The highest BCUT2D eigenvalue weighted by molar-refractivity contribution is 8.00. The Labute approximate surface area is 203 Å². The lowest BCUT2D eigenvalue weighted by atomic mass is 10.0. The van der Waals surface area contributed by atoms with Crippen LogP contribution in [0.1, 0.15) is 17.6 Å². The minimum absolute atomic E-state index is 0.170. The zero-order valence-corrected chi connectivity index (χ0v) is 19.9. The lowest BCUT2D eigenvalue weighted by Gasteiger charge is -2.49. The molecular weight excluding hydrogens is 508 g/mol. The molecule has 2 atom stereocenters. The van der Waals surface area contributed by atoms with E-state index in [9.17, 15) is 24.3 Å². The molecule has 0 bridgehead atoms. The van der Waals surface area contributed by atoms with Crippen molar-refractivity contribution in [1.82, 2.24) is 25.4 Å². The molecule has 0 saturated carbocycles. The number of β-lactam (4-membered cyclic amide) rings is 1. The topological polar surface area (TPSA) is 202 Å². The smallest absolute Gasteiger partial charge is 0.353 e. The van der Waals surface area contributed by atoms with Gasteiger partial charge < -0.3 is 26.3 Å². The lowest BCUT2D eigenvalue weighted by Crippen LogP contribution is -2.71. The number of amides is 3. The molecule has 0 spiro atoms. The van der Waals surface area contributed by atoms with Crippen LogP contribution in [0, 0.1) is 0 Å². The number of carboxylic acid groups (broad SMARTS) is 1. The van der Waals surface area contributed by atoms with Crippen molar-refractivity contribution in [2.45, 2.75) is 18.3 Å². The number of nitrogen functional groups attached to an aromatic ring is 1. The van der Waals surface area contributed by atoms with Crippen LogP contribution >= 0.6 is 34.4 Å². The third kappa shape index (κ3) is 4.31. The number of carbonyl (C=O) groups is 4. The first-order chi connectivity index (χ1) is 16.2. The summed E-state index contributed by atoms with van der Waals surface area (Å²) in [6.07, 6.45) is 0. The Kier molecular flexibility index (Phi) is 6.49. The van der Waals surface area contributed by atoms with Gasteiger partial charge >= 0.3 is 5.97 Å². The van der Waals surface area contributed by atoms with Crippen molar-refractivity contribution in [3.8, 4) is 0 Å². The van der Waals surface area contributed by atoms with Gasteiger partial charge in [0.2, 0.25) is 11.0 Å². The number of fused-ring (bicyclic) bond motifs is 1. The maximum absolute atomic E-state index is 12.9. The van der Waals surface area contributed by atoms with Crippen LogP contribution in [-0.2, 0) is 24.0 Å². The molecule has 0 aliphatic carbocycles. The van der Waals surface area contributed by atoms with Crippen molar-refractivity contribution in [3.63, 3.8) is 0 Å². The standard InChI is InChI=1S/C17H16N8O6S3/c1-5(26)19-17-23-22-12(34-17)6-3-32-14-9(13(28)25(14)10(6)15(29)30)21-11(27)8(24-31-2)7-4-33-16(18)20-7/h4,9,14H,3H2,1-2H3,(H2,18,20)(H,21,27)(H,29,30)(H,19,23,26)/t9?,14-/m0/s1. The second kappa shape index (κ2) is 9.35. The maximum Gasteiger partial charge on any atom is 0.353 e. The third-order valence-corrected chi connectivity index (χ3v) is 7.44. The van der Waals surface area contributed by atoms with Crippen molar-refractivity contribution < 1.29 is 29.1 Å². The minimum atomic E-state index is -1.32. The fourth-order valence-corrected chi connectivity index (χ4v) is 6.05. The van der Waals surface area contributed by atoms with Gasteiger partial charge in [0.25, 0.3) is 11.8 Å². The summed E-state index contributed by atoms with van der Waals surface area (Å²) in [6.45, 7) is 1.31. The average molecular weight is 525 g/mol. The minimum Gasteiger partial charge on any atom is -0.477 e. The molecule has 3 amide bonds. The number of carbonyl (C=O) groups excluding carboxylic acids is 3. The number of anilines is 2. The van der Waals surface area contributed by atoms with Crippen molar-refractivity contribution in [3.05, 3.63) is 21.8 Å². The first-order valence-corrected chi connectivity index (χ1v) is 12.1. The number of nitrogens with two attached hydrogens (primary N) is 1. The Morgan fingerprint density at radius 3 is 2.74 bits per heavy atom. The Hall–Kier alpha value is -3.57. The van der Waals surface area contributed by atoms with Crippen LogP contribution in [0.15, 0.2) is 16.2 Å². The van der Waals surface area contributed by atoms with E-state index in [1.807, 2.05) is 0 Å². The van der Waals surface area contributed by atoms with Gasteiger partial charge in [0.1, 0.15) is 34.9 Å². The molecule has 1 fully saturated rings. The number of hydrogen-bond acceptors (Lipinski definition) is 13. The maximum atomic E-state index is 12.9. The number of thioether (sulfide) groups is 1. The Bertz CT molecular complexity index is 1250. The molecule has 5 N–H and O–H groups in total. The molecule has 14 nitrogen and oxygen atoms in total. The summed E-state index contributed by atoms with van der Waals surface area (Å²) in [7, 11) is 1.26. The normalized spacial score (nSPS) is 19.9. The summed E-state index contributed by atoms with van der Waals surface area (Å²) in [6, 6.07) is -0.990. The van der Waals surface area contributed by atoms with Gasteiger partial charge in [-0.05, 0) is 0 Å². The van der Waals surface area contributed by atoms with E-state index < -0.39 is 29.2 Å². The molecule has 178 valence electrons. The molecule has 2 aromatic rings. The van der Waals surface area contributed by atoms with E-state index in [0.717, 1.165) is 27.6 Å². The van der Waals surface area contributed by atoms with Gasteiger partial charge in [0, 0.05) is 23.6 Å². The number of thiazole rings is 1. The van der Waals surface area contributed by atoms with E-state index in [-0.39, 0.29) is 44.0 Å². The largest absolute Gasteiger partial charge is 0.477 e. The summed E-state index contributed by atoms with van der Waals surface area (Å²) in [5.74, 6) is -2.81. The number of nitrogens with one attached hydrogen (secondary N) is 2. The molecule has 4 rings (SSSR count). The lowest BCUT2D eigenvalue weighted by molar-refractivity contribution is -0.149. The average Bonchev–Trinajstić information content (AvgIpc) is 3.42. The zero-order valence-electron chi connectivity index (χ0n) is 17.5. The number of hydrogen-bond donors (Lipinski definition) is 4. The van der Waals surface area contributed by atoms with E-state index >= 15 is 0 Å². The summed E-state index contributed by atoms with van der Waals surface area (Å²) in [4.78, 5) is 58.8. The van der Waals surface area contributed by atoms with E-state index in [2.05, 4.69) is 31.0 Å². The van der Waals surface area contributed by atoms with Crippen LogP contribution in [0.3, 0.4) is 0 Å². The molecule has 34 heavy (non-hydrogen) atoms. The molecule has 2 aliphatic heterocycles. The summed E-state index contributed by atoms with van der Waals surface area (Å²) in [5, 5.41) is 27.9. The van der Waals surface area contributed by atoms with Crippen LogP contribution in [-0.4, -0.2) is 78.9 Å². The predicted molar refractivity (Wildman–Crippen MR) is 124 cm³/mol. The second-order valence-electron chi connectivity index (χ2n) is 6.78. The highest BCUT2D eigenvalue weighted by atomic mass is 32.2. The van der Waals surface area contributed by atoms with Crippen LogP contribution in [0.4, 0.5) is 10.3 Å². The molecule has 1 saturated heterocycles. The van der Waals surface area contributed by atoms with Crippen molar-refractivity contribution in [1.29, 1.82) is 0 Å². The molecule has 1 unspecified atom stereocenters. The summed E-state index contributed by atoms with van der Waals surface area (Å²) < 4.78 is 0. The Morgan fingerprint density at radius 2 is 2.12 bits per heavy atom. The first-order valence-electron chi connectivity index (χ1n) is 9.37. The van der Waals surface area contributed by atoms with Gasteiger partial charge in [-0.3, -0.25) is 19.3 Å². The van der Waals surface area contributed by atoms with Crippen LogP contribution in [0.2, 0.25) is 0 Å². The molecule has 2 aromatic heterocycles. The van der Waals surface area contributed by atoms with Crippen molar-refractivity contribution in [2.24, 2.45) is 5.16 Å². The predicted octanol–water partition coefficient (Wildman–Crippen LogP) is -0.218. The quantitative estimate of drug-likeness (QED) is 0.212. The number of oxime groups is 1. The van der Waals surface area contributed by atoms with Gasteiger partial charge in [-0.1, -0.05) is 16.5 Å². The third-order valence-electron chi connectivity index (χ3n) is 4.59. The summed E-state index contributed by atoms with van der Waals surface area (Å²) >= 11 is 3.36. The Morgan fingerprint density at radius 1 is 1.35 bits per heavy atom. The summed E-state index contributed by atoms with van der Waals surface area (Å²) in [5.41, 5.74) is 5.67. The molecule has 17 heteroatoms. The van der Waals surface area contributed by atoms with Crippen LogP contribution < -0.4 is 16.4 Å². The molecule has 2 aliphatic rings. The van der Waals surface area contributed by atoms with E-state index in [4.69, 9.17) is 10.6 Å². The van der Waals surface area contributed by atoms with E-state index in [1.54, 1.807) is 0 Å².